The summed E-state index contributed by atoms with van der Waals surface area (Å²) in [5, 5.41) is 4.63. The second-order valence-electron chi connectivity index (χ2n) is 5.28. The van der Waals surface area contributed by atoms with Crippen molar-refractivity contribution >= 4 is 0 Å². The number of aromatic nitrogens is 2. The summed E-state index contributed by atoms with van der Waals surface area (Å²) in [4.78, 5) is 0. The Morgan fingerprint density at radius 1 is 1.21 bits per heavy atom. The Balaban J connectivity index is 1.63. The minimum absolute atomic E-state index is 0.546. The molecule has 1 fully saturated rings. The van der Waals surface area contributed by atoms with Gasteiger partial charge in [0, 0.05) is 6.20 Å². The molecule has 1 heterocycles. The average Bonchev–Trinajstić information content (AvgIpc) is 3.09. The molecule has 19 heavy (non-hydrogen) atoms. The van der Waals surface area contributed by atoms with E-state index < -0.39 is 0 Å². The molecule has 1 aliphatic carbocycles. The maximum absolute atomic E-state index is 5.82. The monoisotopic (exact) mass is 256 g/mol. The van der Waals surface area contributed by atoms with Crippen LogP contribution in [0.4, 0.5) is 0 Å². The first-order valence-corrected chi connectivity index (χ1v) is 7.05. The predicted octanol–water partition coefficient (Wildman–Crippen LogP) is 3.89. The van der Waals surface area contributed by atoms with E-state index in [1.54, 1.807) is 0 Å². The van der Waals surface area contributed by atoms with Crippen LogP contribution in [0.15, 0.2) is 36.5 Å². The molecule has 1 aromatic heterocycles. The molecule has 3 rings (SSSR count). The molecular weight excluding hydrogens is 236 g/mol. The molecule has 0 spiro atoms. The zero-order chi connectivity index (χ0) is 13.1. The zero-order valence-electron chi connectivity index (χ0n) is 11.4. The van der Waals surface area contributed by atoms with Gasteiger partial charge in [-0.25, -0.2) is 0 Å². The van der Waals surface area contributed by atoms with Gasteiger partial charge in [0.05, 0.1) is 11.7 Å². The second kappa shape index (κ2) is 5.47. The lowest BCUT2D eigenvalue weighted by molar-refractivity contribution is 0.296. The number of hydrogen-bond acceptors (Lipinski definition) is 2. The Bertz CT molecular complexity index is 541. The minimum atomic E-state index is 0.546. The number of nitrogens with zero attached hydrogens (tertiary/aromatic N) is 2. The van der Waals surface area contributed by atoms with Crippen molar-refractivity contribution in [2.45, 2.75) is 45.3 Å². The molecule has 0 amide bonds. The van der Waals surface area contributed by atoms with Crippen LogP contribution in [0.5, 0.6) is 5.75 Å². The smallest absolute Gasteiger partial charge is 0.132 e. The first-order chi connectivity index (χ1) is 9.33. The fourth-order valence-corrected chi connectivity index (χ4v) is 2.70. The summed E-state index contributed by atoms with van der Waals surface area (Å²) in [6.07, 6.45) is 7.28. The van der Waals surface area contributed by atoms with Crippen molar-refractivity contribution in [1.82, 2.24) is 9.78 Å². The molecule has 2 aromatic rings. The molecule has 1 aromatic carbocycles. The Morgan fingerprint density at radius 2 is 2.00 bits per heavy atom. The van der Waals surface area contributed by atoms with Gasteiger partial charge in [-0.15, -0.1) is 0 Å². The van der Waals surface area contributed by atoms with Crippen molar-refractivity contribution in [2.75, 3.05) is 0 Å². The Labute approximate surface area is 114 Å². The van der Waals surface area contributed by atoms with Crippen LogP contribution in [0.25, 0.3) is 0 Å². The molecule has 0 N–H and O–H groups in total. The molecule has 3 heteroatoms. The van der Waals surface area contributed by atoms with Gasteiger partial charge in [-0.2, -0.15) is 5.10 Å². The normalized spacial score (nSPS) is 15.8. The van der Waals surface area contributed by atoms with E-state index in [2.05, 4.69) is 35.0 Å². The topological polar surface area (TPSA) is 27.1 Å². The van der Waals surface area contributed by atoms with Crippen molar-refractivity contribution < 1.29 is 4.74 Å². The van der Waals surface area contributed by atoms with Gasteiger partial charge < -0.3 is 4.74 Å². The van der Waals surface area contributed by atoms with Crippen molar-refractivity contribution in [3.8, 4) is 5.75 Å². The van der Waals surface area contributed by atoms with Gasteiger partial charge in [-0.05, 0) is 37.5 Å². The molecule has 0 bridgehead atoms. The summed E-state index contributed by atoms with van der Waals surface area (Å²) >= 11 is 0. The first kappa shape index (κ1) is 12.3. The standard InChI is InChI=1S/C16H20N2O/c1-13-6-2-5-9-16(13)19-12-14-10-11-18(17-14)15-7-3-4-8-15/h2,5-6,9-11,15H,3-4,7-8,12H2,1H3. The van der Waals surface area contributed by atoms with Gasteiger partial charge in [0.1, 0.15) is 12.4 Å². The van der Waals surface area contributed by atoms with E-state index in [0.717, 1.165) is 17.0 Å². The molecule has 0 atom stereocenters. The van der Waals surface area contributed by atoms with Crippen LogP contribution in [0.1, 0.15) is 43.0 Å². The summed E-state index contributed by atoms with van der Waals surface area (Å²) in [7, 11) is 0. The van der Waals surface area contributed by atoms with Crippen LogP contribution in [-0.4, -0.2) is 9.78 Å². The number of ether oxygens (including phenoxy) is 1. The van der Waals surface area contributed by atoms with Crippen LogP contribution in [0.3, 0.4) is 0 Å². The maximum atomic E-state index is 5.82. The highest BCUT2D eigenvalue weighted by atomic mass is 16.5. The lowest BCUT2D eigenvalue weighted by atomic mass is 10.2. The van der Waals surface area contributed by atoms with Crippen LogP contribution < -0.4 is 4.74 Å². The number of aryl methyl sites for hydroxylation is 1. The lowest BCUT2D eigenvalue weighted by Crippen LogP contribution is -2.06. The van der Waals surface area contributed by atoms with Gasteiger partial charge in [0.15, 0.2) is 0 Å². The van der Waals surface area contributed by atoms with E-state index in [4.69, 9.17) is 4.74 Å². The molecule has 3 nitrogen and oxygen atoms in total. The molecule has 1 aliphatic rings. The highest BCUT2D eigenvalue weighted by molar-refractivity contribution is 5.31. The number of benzene rings is 1. The molecular formula is C16H20N2O. The molecule has 0 aliphatic heterocycles. The molecule has 1 saturated carbocycles. The highest BCUT2D eigenvalue weighted by Crippen LogP contribution is 2.28. The van der Waals surface area contributed by atoms with Crippen molar-refractivity contribution in [2.24, 2.45) is 0 Å². The van der Waals surface area contributed by atoms with Crippen LogP contribution >= 0.6 is 0 Å². The Hall–Kier alpha value is -1.77. The SMILES string of the molecule is Cc1ccccc1OCc1ccn(C2CCCC2)n1. The third-order valence-corrected chi connectivity index (χ3v) is 3.83. The van der Waals surface area contributed by atoms with E-state index in [1.807, 2.05) is 18.2 Å². The van der Waals surface area contributed by atoms with E-state index in [1.165, 1.54) is 25.7 Å². The summed E-state index contributed by atoms with van der Waals surface area (Å²) in [5.41, 5.74) is 2.17. The summed E-state index contributed by atoms with van der Waals surface area (Å²) in [5.74, 6) is 0.943. The zero-order valence-corrected chi connectivity index (χ0v) is 11.4. The third-order valence-electron chi connectivity index (χ3n) is 3.83. The van der Waals surface area contributed by atoms with Gasteiger partial charge >= 0.3 is 0 Å². The quantitative estimate of drug-likeness (QED) is 0.830. The fourth-order valence-electron chi connectivity index (χ4n) is 2.70. The lowest BCUT2D eigenvalue weighted by Gasteiger charge is -2.09. The van der Waals surface area contributed by atoms with E-state index in [0.29, 0.717) is 12.6 Å². The molecule has 0 unspecified atom stereocenters. The van der Waals surface area contributed by atoms with Crippen LogP contribution in [-0.2, 0) is 6.61 Å². The molecule has 100 valence electrons. The van der Waals surface area contributed by atoms with E-state index >= 15 is 0 Å². The maximum Gasteiger partial charge on any atom is 0.132 e. The summed E-state index contributed by atoms with van der Waals surface area (Å²) < 4.78 is 7.94. The first-order valence-electron chi connectivity index (χ1n) is 7.05. The number of rotatable bonds is 4. The van der Waals surface area contributed by atoms with Gasteiger partial charge in [-0.3, -0.25) is 4.68 Å². The number of para-hydroxylation sites is 1. The van der Waals surface area contributed by atoms with E-state index in [9.17, 15) is 0 Å². The fraction of sp³-hybridized carbons (Fsp3) is 0.438. The predicted molar refractivity (Wildman–Crippen MR) is 75.2 cm³/mol. The van der Waals surface area contributed by atoms with Gasteiger partial charge in [0.25, 0.3) is 0 Å². The Morgan fingerprint density at radius 3 is 2.79 bits per heavy atom. The van der Waals surface area contributed by atoms with Crippen LogP contribution in [0.2, 0.25) is 0 Å². The minimum Gasteiger partial charge on any atom is -0.487 e. The molecule has 0 radical (unpaired) electrons. The highest BCUT2D eigenvalue weighted by Gasteiger charge is 2.17. The summed E-state index contributed by atoms with van der Waals surface area (Å²) in [6.45, 7) is 2.61. The third kappa shape index (κ3) is 2.80. The Kier molecular flexibility index (Phi) is 3.53. The summed E-state index contributed by atoms with van der Waals surface area (Å²) in [6, 6.07) is 10.8. The average molecular weight is 256 g/mol. The second-order valence-corrected chi connectivity index (χ2v) is 5.28. The van der Waals surface area contributed by atoms with Crippen molar-refractivity contribution in [3.05, 3.63) is 47.8 Å². The van der Waals surface area contributed by atoms with Gasteiger partial charge in [0.2, 0.25) is 0 Å². The molecule has 0 saturated heterocycles. The van der Waals surface area contributed by atoms with Crippen molar-refractivity contribution in [3.63, 3.8) is 0 Å². The van der Waals surface area contributed by atoms with E-state index in [-0.39, 0.29) is 0 Å². The van der Waals surface area contributed by atoms with Gasteiger partial charge in [-0.1, -0.05) is 31.0 Å². The largest absolute Gasteiger partial charge is 0.487 e. The van der Waals surface area contributed by atoms with Crippen LogP contribution in [0, 0.1) is 6.92 Å². The van der Waals surface area contributed by atoms with Crippen molar-refractivity contribution in [1.29, 1.82) is 0 Å². The number of hydrogen-bond donors (Lipinski definition) is 0.